The molecule has 3 aliphatic rings. The third-order valence-electron chi connectivity index (χ3n) is 8.76. The van der Waals surface area contributed by atoms with Gasteiger partial charge in [-0.05, 0) is 117 Å². The standard InChI is InChI=1S/C27H36F4/c1-2-3-4-18-5-7-19(8-6-18)20-9-10-22-16-23(12-11-21(22)15-20)24-13-14-25(26(28)17-24)27(29,30)31/h2,13-14,17-23H,1,3-12,15-16H2. The lowest BCUT2D eigenvalue weighted by molar-refractivity contribution is -0.140. The highest BCUT2D eigenvalue weighted by molar-refractivity contribution is 5.29. The molecule has 0 aromatic heterocycles. The molecule has 4 atom stereocenters. The quantitative estimate of drug-likeness (QED) is 0.319. The Morgan fingerprint density at radius 1 is 0.839 bits per heavy atom. The zero-order valence-corrected chi connectivity index (χ0v) is 18.5. The topological polar surface area (TPSA) is 0 Å². The number of hydrogen-bond acceptors (Lipinski definition) is 0. The van der Waals surface area contributed by atoms with Crippen LogP contribution < -0.4 is 0 Å². The van der Waals surface area contributed by atoms with Crippen molar-refractivity contribution in [1.82, 2.24) is 0 Å². The number of fused-ring (bicyclic) bond motifs is 1. The molecule has 4 unspecified atom stereocenters. The van der Waals surface area contributed by atoms with Gasteiger partial charge in [0.15, 0.2) is 0 Å². The fraction of sp³-hybridized carbons (Fsp3) is 0.704. The molecule has 0 heterocycles. The Bertz CT molecular complexity index is 744. The predicted octanol–water partition coefficient (Wildman–Crippen LogP) is 8.92. The largest absolute Gasteiger partial charge is 0.419 e. The van der Waals surface area contributed by atoms with E-state index in [9.17, 15) is 17.6 Å². The van der Waals surface area contributed by atoms with Gasteiger partial charge in [-0.1, -0.05) is 25.0 Å². The van der Waals surface area contributed by atoms with E-state index in [-0.39, 0.29) is 5.92 Å². The second-order valence-electron chi connectivity index (χ2n) is 10.5. The average molecular weight is 437 g/mol. The molecule has 31 heavy (non-hydrogen) atoms. The lowest BCUT2D eigenvalue weighted by Gasteiger charge is -2.45. The van der Waals surface area contributed by atoms with Gasteiger partial charge in [0.1, 0.15) is 5.82 Å². The van der Waals surface area contributed by atoms with Gasteiger partial charge in [0, 0.05) is 0 Å². The summed E-state index contributed by atoms with van der Waals surface area (Å²) in [5.74, 6) is 3.14. The maximum Gasteiger partial charge on any atom is 0.419 e. The van der Waals surface area contributed by atoms with E-state index >= 15 is 0 Å². The molecule has 3 aliphatic carbocycles. The van der Waals surface area contributed by atoms with Gasteiger partial charge in [-0.2, -0.15) is 13.2 Å². The van der Waals surface area contributed by atoms with E-state index in [2.05, 4.69) is 6.58 Å². The molecular formula is C27H36F4. The van der Waals surface area contributed by atoms with Crippen LogP contribution in [0.2, 0.25) is 0 Å². The van der Waals surface area contributed by atoms with Crippen LogP contribution in [0, 0.1) is 35.4 Å². The monoisotopic (exact) mass is 436 g/mol. The number of rotatable bonds is 5. The lowest BCUT2D eigenvalue weighted by Crippen LogP contribution is -2.34. The predicted molar refractivity (Wildman–Crippen MR) is 117 cm³/mol. The van der Waals surface area contributed by atoms with E-state index in [1.807, 2.05) is 6.08 Å². The van der Waals surface area contributed by atoms with E-state index in [0.717, 1.165) is 67.1 Å². The molecule has 1 aromatic carbocycles. The van der Waals surface area contributed by atoms with Gasteiger partial charge in [0.2, 0.25) is 0 Å². The SMILES string of the molecule is C=CCCC1CCC(C2CCC3CC(c4ccc(C(F)(F)F)c(F)c4)CCC3C2)CC1. The molecule has 172 valence electrons. The summed E-state index contributed by atoms with van der Waals surface area (Å²) >= 11 is 0. The summed E-state index contributed by atoms with van der Waals surface area (Å²) in [7, 11) is 0. The molecule has 4 heteroatoms. The Hall–Kier alpha value is -1.32. The molecular weight excluding hydrogens is 400 g/mol. The van der Waals surface area contributed by atoms with Crippen molar-refractivity contribution in [2.24, 2.45) is 29.6 Å². The molecule has 0 spiro atoms. The van der Waals surface area contributed by atoms with Gasteiger partial charge in [-0.15, -0.1) is 6.58 Å². The number of alkyl halides is 3. The summed E-state index contributed by atoms with van der Waals surface area (Å²) in [6, 6.07) is 3.58. The Kier molecular flexibility index (Phi) is 7.13. The minimum Gasteiger partial charge on any atom is -0.206 e. The molecule has 0 N–H and O–H groups in total. The van der Waals surface area contributed by atoms with Crippen molar-refractivity contribution in [1.29, 1.82) is 0 Å². The van der Waals surface area contributed by atoms with Gasteiger partial charge in [-0.3, -0.25) is 0 Å². The second-order valence-corrected chi connectivity index (χ2v) is 10.5. The highest BCUT2D eigenvalue weighted by Gasteiger charge is 2.40. The van der Waals surface area contributed by atoms with Crippen LogP contribution in [0.3, 0.4) is 0 Å². The molecule has 0 nitrogen and oxygen atoms in total. The smallest absolute Gasteiger partial charge is 0.206 e. The van der Waals surface area contributed by atoms with Crippen molar-refractivity contribution in [3.05, 3.63) is 47.8 Å². The van der Waals surface area contributed by atoms with Gasteiger partial charge in [0.25, 0.3) is 0 Å². The van der Waals surface area contributed by atoms with Crippen LogP contribution in [0.5, 0.6) is 0 Å². The Morgan fingerprint density at radius 2 is 1.45 bits per heavy atom. The lowest BCUT2D eigenvalue weighted by atomic mass is 9.60. The first-order valence-electron chi connectivity index (χ1n) is 12.3. The summed E-state index contributed by atoms with van der Waals surface area (Å²) in [5.41, 5.74) is -0.395. The van der Waals surface area contributed by atoms with Crippen molar-refractivity contribution >= 4 is 0 Å². The van der Waals surface area contributed by atoms with Gasteiger partial charge in [-0.25, -0.2) is 4.39 Å². The fourth-order valence-electron chi connectivity index (χ4n) is 6.97. The van der Waals surface area contributed by atoms with Crippen LogP contribution in [0.4, 0.5) is 17.6 Å². The van der Waals surface area contributed by atoms with Gasteiger partial charge in [0.05, 0.1) is 5.56 Å². The van der Waals surface area contributed by atoms with E-state index in [1.165, 1.54) is 57.4 Å². The summed E-state index contributed by atoms with van der Waals surface area (Å²) < 4.78 is 52.7. The number of halogens is 4. The Balaban J connectivity index is 1.30. The first kappa shape index (κ1) is 22.9. The van der Waals surface area contributed by atoms with Crippen LogP contribution in [0.15, 0.2) is 30.9 Å². The normalized spacial score (nSPS) is 34.2. The van der Waals surface area contributed by atoms with Gasteiger partial charge < -0.3 is 0 Å². The van der Waals surface area contributed by atoms with Crippen molar-refractivity contribution < 1.29 is 17.6 Å². The van der Waals surface area contributed by atoms with E-state index in [1.54, 1.807) is 0 Å². The summed E-state index contributed by atoms with van der Waals surface area (Å²) in [6.45, 7) is 3.85. The van der Waals surface area contributed by atoms with Crippen molar-refractivity contribution in [2.75, 3.05) is 0 Å². The molecule has 1 aromatic rings. The van der Waals surface area contributed by atoms with Crippen molar-refractivity contribution in [3.8, 4) is 0 Å². The third kappa shape index (κ3) is 5.37. The molecule has 0 aliphatic heterocycles. The first-order chi connectivity index (χ1) is 14.8. The van der Waals surface area contributed by atoms with Crippen molar-refractivity contribution in [2.45, 2.75) is 89.1 Å². The van der Waals surface area contributed by atoms with E-state index < -0.39 is 17.6 Å². The minimum absolute atomic E-state index is 0.204. The van der Waals surface area contributed by atoms with Crippen LogP contribution in [-0.4, -0.2) is 0 Å². The van der Waals surface area contributed by atoms with Crippen LogP contribution in [0.1, 0.15) is 94.1 Å². The Labute approximate surface area is 184 Å². The molecule has 0 bridgehead atoms. The number of benzene rings is 1. The van der Waals surface area contributed by atoms with Crippen LogP contribution >= 0.6 is 0 Å². The van der Waals surface area contributed by atoms with E-state index in [4.69, 9.17) is 0 Å². The summed E-state index contributed by atoms with van der Waals surface area (Å²) in [4.78, 5) is 0. The van der Waals surface area contributed by atoms with Crippen LogP contribution in [0.25, 0.3) is 0 Å². The number of allylic oxidation sites excluding steroid dienone is 1. The fourth-order valence-corrected chi connectivity index (χ4v) is 6.97. The minimum atomic E-state index is -4.62. The zero-order chi connectivity index (χ0) is 22.0. The second kappa shape index (κ2) is 9.67. The third-order valence-corrected chi connectivity index (χ3v) is 8.76. The van der Waals surface area contributed by atoms with Crippen molar-refractivity contribution in [3.63, 3.8) is 0 Å². The average Bonchev–Trinajstić information content (AvgIpc) is 2.76. The molecule has 4 rings (SSSR count). The number of hydrogen-bond donors (Lipinski definition) is 0. The van der Waals surface area contributed by atoms with Gasteiger partial charge >= 0.3 is 6.18 Å². The maximum absolute atomic E-state index is 14.1. The highest BCUT2D eigenvalue weighted by Crippen LogP contribution is 2.51. The maximum atomic E-state index is 14.1. The van der Waals surface area contributed by atoms with E-state index in [0.29, 0.717) is 5.92 Å². The first-order valence-corrected chi connectivity index (χ1v) is 12.3. The molecule has 0 amide bonds. The zero-order valence-electron chi connectivity index (χ0n) is 18.5. The molecule has 3 fully saturated rings. The Morgan fingerprint density at radius 3 is 2.10 bits per heavy atom. The summed E-state index contributed by atoms with van der Waals surface area (Å²) in [6.07, 6.45) is 12.4. The molecule has 0 saturated heterocycles. The molecule has 3 saturated carbocycles. The highest BCUT2D eigenvalue weighted by atomic mass is 19.4. The van der Waals surface area contributed by atoms with Crippen LogP contribution in [-0.2, 0) is 6.18 Å². The summed E-state index contributed by atoms with van der Waals surface area (Å²) in [5, 5.41) is 0. The molecule has 0 radical (unpaired) electrons.